The van der Waals surface area contributed by atoms with E-state index in [9.17, 15) is 4.79 Å². The van der Waals surface area contributed by atoms with Crippen LogP contribution < -0.4 is 5.32 Å². The number of carbonyl (C=O) groups excluding carboxylic acids is 1. The molecule has 3 aliphatic heterocycles. The zero-order valence-electron chi connectivity index (χ0n) is 18.7. The Balaban J connectivity index is 1.14. The van der Waals surface area contributed by atoms with E-state index in [1.165, 1.54) is 10.4 Å². The van der Waals surface area contributed by atoms with Gasteiger partial charge in [-0.1, -0.05) is 6.92 Å². The summed E-state index contributed by atoms with van der Waals surface area (Å²) in [5.41, 5.74) is 1.16. The van der Waals surface area contributed by atoms with E-state index in [-0.39, 0.29) is 16.9 Å². The van der Waals surface area contributed by atoms with Gasteiger partial charge in [0.25, 0.3) is 0 Å². The van der Waals surface area contributed by atoms with Crippen molar-refractivity contribution in [3.63, 3.8) is 0 Å². The van der Waals surface area contributed by atoms with Crippen molar-refractivity contribution in [2.75, 3.05) is 32.9 Å². The fourth-order valence-electron chi connectivity index (χ4n) is 5.78. The number of hydrogen-bond donors (Lipinski definition) is 1. The van der Waals surface area contributed by atoms with Crippen molar-refractivity contribution in [1.29, 1.82) is 0 Å². The predicted octanol–water partition coefficient (Wildman–Crippen LogP) is 3.49. The van der Waals surface area contributed by atoms with Crippen LogP contribution in [0.15, 0.2) is 6.07 Å². The van der Waals surface area contributed by atoms with Crippen LogP contribution >= 0.6 is 11.3 Å². The fourth-order valence-corrected chi connectivity index (χ4v) is 6.96. The maximum absolute atomic E-state index is 12.4. The van der Waals surface area contributed by atoms with E-state index in [1.54, 1.807) is 4.88 Å². The van der Waals surface area contributed by atoms with E-state index in [4.69, 9.17) is 9.47 Å². The molecule has 2 saturated heterocycles. The Morgan fingerprint density at radius 1 is 1.37 bits per heavy atom. The van der Waals surface area contributed by atoms with Gasteiger partial charge in [-0.2, -0.15) is 0 Å². The summed E-state index contributed by atoms with van der Waals surface area (Å²) >= 11 is 2.00. The van der Waals surface area contributed by atoms with E-state index in [0.29, 0.717) is 31.2 Å². The summed E-state index contributed by atoms with van der Waals surface area (Å²) in [5.74, 6) is 0.880. The van der Waals surface area contributed by atoms with Crippen LogP contribution in [0.1, 0.15) is 61.8 Å². The molecule has 1 aromatic rings. The highest BCUT2D eigenvalue weighted by Gasteiger charge is 2.46. The molecule has 5 rings (SSSR count). The normalized spacial score (nSPS) is 35.4. The molecule has 166 valence electrons. The lowest BCUT2D eigenvalue weighted by molar-refractivity contribution is -0.159. The first kappa shape index (κ1) is 20.9. The number of fused-ring (bicyclic) bond motifs is 2. The van der Waals surface area contributed by atoms with E-state index in [2.05, 4.69) is 30.1 Å². The average Bonchev–Trinajstić information content (AvgIpc) is 3.11. The van der Waals surface area contributed by atoms with Crippen molar-refractivity contribution in [3.05, 3.63) is 21.4 Å². The molecule has 1 aliphatic carbocycles. The Kier molecular flexibility index (Phi) is 5.49. The molecule has 0 radical (unpaired) electrons. The number of likely N-dealkylation sites (tertiary alicyclic amines) is 1. The first-order chi connectivity index (χ1) is 14.4. The van der Waals surface area contributed by atoms with E-state index in [0.717, 1.165) is 58.2 Å². The maximum Gasteiger partial charge on any atom is 0.230 e. The van der Waals surface area contributed by atoms with Gasteiger partial charge in [0.1, 0.15) is 0 Å². The van der Waals surface area contributed by atoms with Crippen molar-refractivity contribution < 1.29 is 14.3 Å². The topological polar surface area (TPSA) is 50.8 Å². The third-order valence-corrected chi connectivity index (χ3v) is 9.25. The highest BCUT2D eigenvalue weighted by molar-refractivity contribution is 7.12. The Labute approximate surface area is 184 Å². The molecular formula is C24H36N2O3S. The molecule has 4 aliphatic rings. The van der Waals surface area contributed by atoms with Crippen LogP contribution in [0.2, 0.25) is 0 Å². The van der Waals surface area contributed by atoms with Crippen LogP contribution in [-0.2, 0) is 32.7 Å². The summed E-state index contributed by atoms with van der Waals surface area (Å²) in [6, 6.07) is 3.33. The Hall–Kier alpha value is -0.950. The molecule has 0 unspecified atom stereocenters. The van der Waals surface area contributed by atoms with Gasteiger partial charge in [-0.15, -0.1) is 11.3 Å². The molecular weight excluding hydrogens is 396 g/mol. The van der Waals surface area contributed by atoms with Gasteiger partial charge in [0, 0.05) is 41.3 Å². The molecule has 1 N–H and O–H groups in total. The molecule has 1 spiro atoms. The van der Waals surface area contributed by atoms with Gasteiger partial charge in [-0.3, -0.25) is 4.79 Å². The smallest absolute Gasteiger partial charge is 0.230 e. The van der Waals surface area contributed by atoms with Gasteiger partial charge in [0.2, 0.25) is 5.91 Å². The number of ether oxygens (including phenoxy) is 2. The number of aryl methyl sites for hydroxylation is 1. The lowest BCUT2D eigenvalue weighted by Gasteiger charge is -2.49. The molecule has 30 heavy (non-hydrogen) atoms. The quantitative estimate of drug-likeness (QED) is 0.774. The van der Waals surface area contributed by atoms with Gasteiger partial charge < -0.3 is 19.7 Å². The summed E-state index contributed by atoms with van der Waals surface area (Å²) in [6.07, 6.45) is 6.64. The van der Waals surface area contributed by atoms with Crippen molar-refractivity contribution in [2.24, 2.45) is 11.3 Å². The van der Waals surface area contributed by atoms with Crippen LogP contribution in [0.3, 0.4) is 0 Å². The Morgan fingerprint density at radius 3 is 2.83 bits per heavy atom. The number of nitrogens with one attached hydrogen (secondary N) is 1. The highest BCUT2D eigenvalue weighted by atomic mass is 32.1. The number of rotatable bonds is 5. The van der Waals surface area contributed by atoms with Gasteiger partial charge in [-0.05, 0) is 63.5 Å². The molecule has 3 fully saturated rings. The Bertz CT molecular complexity index is 798. The molecule has 0 bridgehead atoms. The third-order valence-electron chi connectivity index (χ3n) is 7.91. The van der Waals surface area contributed by atoms with Crippen molar-refractivity contribution in [3.8, 4) is 0 Å². The van der Waals surface area contributed by atoms with Crippen molar-refractivity contribution in [1.82, 2.24) is 10.2 Å². The van der Waals surface area contributed by atoms with Crippen LogP contribution in [0.25, 0.3) is 0 Å². The second-order valence-electron chi connectivity index (χ2n) is 10.4. The lowest BCUT2D eigenvalue weighted by Crippen LogP contribution is -2.58. The summed E-state index contributed by atoms with van der Waals surface area (Å²) in [5, 5.41) is 3.25. The molecule has 5 nitrogen and oxygen atoms in total. The molecule has 2 atom stereocenters. The number of amides is 1. The largest absolute Gasteiger partial charge is 0.379 e. The number of thiophene rings is 1. The number of hydrogen-bond acceptors (Lipinski definition) is 5. The fraction of sp³-hybridized carbons (Fsp3) is 0.792. The van der Waals surface area contributed by atoms with Crippen molar-refractivity contribution >= 4 is 17.2 Å². The van der Waals surface area contributed by atoms with Crippen LogP contribution in [0, 0.1) is 11.3 Å². The first-order valence-electron chi connectivity index (χ1n) is 11.8. The number of piperidine rings is 1. The van der Waals surface area contributed by atoms with Crippen molar-refractivity contribution in [2.45, 2.75) is 77.0 Å². The minimum Gasteiger partial charge on any atom is -0.379 e. The summed E-state index contributed by atoms with van der Waals surface area (Å²) in [6.45, 7) is 10.9. The predicted molar refractivity (Wildman–Crippen MR) is 119 cm³/mol. The second kappa shape index (κ2) is 7.88. The molecule has 1 amide bonds. The lowest BCUT2D eigenvalue weighted by atomic mass is 9.76. The second-order valence-corrected chi connectivity index (χ2v) is 11.6. The standard InChI is InChI=1S/C24H36N2O3S/c1-4-19-11-20-21(30-19)5-8-29-24(20)6-7-26(16(2)12-24)13-17-9-18(10-17)25-22(27)23(3)14-28-15-23/h11,16-18H,4-10,12-15H2,1-3H3,(H,25,27)/t16-,17-,18+,24+/m0/s1. The van der Waals surface area contributed by atoms with E-state index >= 15 is 0 Å². The average molecular weight is 433 g/mol. The van der Waals surface area contributed by atoms with Gasteiger partial charge >= 0.3 is 0 Å². The molecule has 4 heterocycles. The molecule has 1 saturated carbocycles. The summed E-state index contributed by atoms with van der Waals surface area (Å²) in [7, 11) is 0. The summed E-state index contributed by atoms with van der Waals surface area (Å²) < 4.78 is 11.7. The third kappa shape index (κ3) is 3.64. The maximum atomic E-state index is 12.4. The molecule has 1 aromatic heterocycles. The van der Waals surface area contributed by atoms with Gasteiger partial charge in [-0.25, -0.2) is 0 Å². The van der Waals surface area contributed by atoms with Gasteiger partial charge in [0.15, 0.2) is 0 Å². The van der Waals surface area contributed by atoms with Gasteiger partial charge in [0.05, 0.1) is 30.8 Å². The zero-order chi connectivity index (χ0) is 20.9. The number of carbonyl (C=O) groups is 1. The summed E-state index contributed by atoms with van der Waals surface area (Å²) in [4.78, 5) is 18.1. The minimum atomic E-state index is -0.293. The number of nitrogens with zero attached hydrogens (tertiary/aromatic N) is 1. The van der Waals surface area contributed by atoms with Crippen LogP contribution in [0.5, 0.6) is 0 Å². The molecule has 6 heteroatoms. The highest BCUT2D eigenvalue weighted by Crippen LogP contribution is 2.46. The van der Waals surface area contributed by atoms with E-state index < -0.39 is 0 Å². The zero-order valence-corrected chi connectivity index (χ0v) is 19.5. The minimum absolute atomic E-state index is 0.0518. The van der Waals surface area contributed by atoms with Crippen LogP contribution in [0.4, 0.5) is 0 Å². The first-order valence-corrected chi connectivity index (χ1v) is 12.6. The van der Waals surface area contributed by atoms with Crippen LogP contribution in [-0.4, -0.2) is 55.8 Å². The SMILES string of the molecule is CCc1cc2c(s1)CCO[C@@]21CCN(C[C@H]2C[C@@H](NC(=O)C3(C)COC3)C2)[C@@H](C)C1. The molecule has 0 aromatic carbocycles. The Morgan fingerprint density at radius 2 is 2.17 bits per heavy atom. The monoisotopic (exact) mass is 432 g/mol. The van der Waals surface area contributed by atoms with E-state index in [1.807, 2.05) is 18.3 Å².